The van der Waals surface area contributed by atoms with Gasteiger partial charge in [-0.2, -0.15) is 5.10 Å². The van der Waals surface area contributed by atoms with Crippen molar-refractivity contribution in [1.82, 2.24) is 14.7 Å². The van der Waals surface area contributed by atoms with E-state index < -0.39 is 5.82 Å². The average molecular weight is 479 g/mol. The van der Waals surface area contributed by atoms with E-state index in [0.29, 0.717) is 18.3 Å². The molecule has 0 aliphatic rings. The number of halogens is 1. The Kier molecular flexibility index (Phi) is 8.10. The molecule has 35 heavy (non-hydrogen) atoms. The van der Waals surface area contributed by atoms with Crippen LogP contribution < -0.4 is 5.32 Å². The molecule has 0 atom stereocenters. The summed E-state index contributed by atoms with van der Waals surface area (Å²) in [5, 5.41) is 7.71. The summed E-state index contributed by atoms with van der Waals surface area (Å²) in [7, 11) is 0. The number of aromatic nitrogens is 2. The lowest BCUT2D eigenvalue weighted by Gasteiger charge is -2.23. The van der Waals surface area contributed by atoms with E-state index in [0.717, 1.165) is 23.4 Å². The first-order valence-corrected chi connectivity index (χ1v) is 12.0. The van der Waals surface area contributed by atoms with Crippen molar-refractivity contribution in [2.45, 2.75) is 53.4 Å². The number of nitrogens with zero attached hydrogens (tertiary/aromatic N) is 3. The highest BCUT2D eigenvalue weighted by molar-refractivity contribution is 5.99. The Morgan fingerprint density at radius 2 is 1.80 bits per heavy atom. The second kappa shape index (κ2) is 10.8. The van der Waals surface area contributed by atoms with Gasteiger partial charge in [0, 0.05) is 23.6 Å². The molecule has 186 valence electrons. The minimum Gasteiger partial charge on any atom is -0.329 e. The Hall–Kier alpha value is -3.48. The summed E-state index contributed by atoms with van der Waals surface area (Å²) >= 11 is 0. The molecule has 3 rings (SSSR count). The number of anilines is 1. The van der Waals surface area contributed by atoms with Gasteiger partial charge in [-0.15, -0.1) is 0 Å². The van der Waals surface area contributed by atoms with E-state index in [1.807, 2.05) is 37.3 Å². The molecule has 0 fully saturated rings. The topological polar surface area (TPSA) is 67.2 Å². The number of rotatable bonds is 8. The van der Waals surface area contributed by atoms with Gasteiger partial charge in [-0.1, -0.05) is 52.8 Å². The summed E-state index contributed by atoms with van der Waals surface area (Å²) in [5.41, 5.74) is 2.75. The zero-order valence-electron chi connectivity index (χ0n) is 21.4. The van der Waals surface area contributed by atoms with Crippen molar-refractivity contribution in [3.63, 3.8) is 0 Å². The highest BCUT2D eigenvalue weighted by Crippen LogP contribution is 2.26. The second-order valence-corrected chi connectivity index (χ2v) is 10.4. The third-order valence-electron chi connectivity index (χ3n) is 5.66. The van der Waals surface area contributed by atoms with Crippen molar-refractivity contribution >= 4 is 17.6 Å². The van der Waals surface area contributed by atoms with Gasteiger partial charge in [-0.3, -0.25) is 9.59 Å². The Balaban J connectivity index is 1.87. The van der Waals surface area contributed by atoms with E-state index in [2.05, 4.69) is 39.9 Å². The first kappa shape index (κ1) is 26.1. The molecule has 0 unspecified atom stereocenters. The van der Waals surface area contributed by atoms with Crippen molar-refractivity contribution in [1.29, 1.82) is 0 Å². The van der Waals surface area contributed by atoms with Crippen LogP contribution >= 0.6 is 0 Å². The van der Waals surface area contributed by atoms with Crippen LogP contribution in [0.15, 0.2) is 54.6 Å². The molecule has 0 spiro atoms. The molecule has 0 radical (unpaired) electrons. The number of hydrogen-bond acceptors (Lipinski definition) is 3. The van der Waals surface area contributed by atoms with Crippen LogP contribution in [0, 0.1) is 18.7 Å². The fourth-order valence-electron chi connectivity index (χ4n) is 3.62. The molecule has 6 nitrogen and oxygen atoms in total. The summed E-state index contributed by atoms with van der Waals surface area (Å²) in [6, 6.07) is 15.3. The van der Waals surface area contributed by atoms with E-state index in [4.69, 9.17) is 5.10 Å². The van der Waals surface area contributed by atoms with Gasteiger partial charge in [0.15, 0.2) is 0 Å². The highest BCUT2D eigenvalue weighted by atomic mass is 19.1. The molecule has 2 amide bonds. The smallest absolute Gasteiger partial charge is 0.254 e. The minimum atomic E-state index is -0.485. The fourth-order valence-corrected chi connectivity index (χ4v) is 3.62. The van der Waals surface area contributed by atoms with Gasteiger partial charge in [0.1, 0.15) is 18.2 Å². The molecule has 2 aromatic carbocycles. The first-order valence-electron chi connectivity index (χ1n) is 12.0. The molecule has 1 aromatic heterocycles. The second-order valence-electron chi connectivity index (χ2n) is 10.4. The number of hydrogen-bond donors (Lipinski definition) is 1. The van der Waals surface area contributed by atoms with E-state index in [1.54, 1.807) is 10.7 Å². The lowest BCUT2D eigenvalue weighted by Crippen LogP contribution is -2.39. The van der Waals surface area contributed by atoms with E-state index in [-0.39, 0.29) is 29.3 Å². The van der Waals surface area contributed by atoms with Crippen LogP contribution in [0.25, 0.3) is 5.69 Å². The molecule has 0 saturated carbocycles. The Bertz CT molecular complexity index is 1190. The number of carbonyl (C=O) groups excluding carboxylic acids is 2. The van der Waals surface area contributed by atoms with Crippen LogP contribution in [-0.2, 0) is 10.2 Å². The van der Waals surface area contributed by atoms with Crippen LogP contribution in [0.3, 0.4) is 0 Å². The predicted octanol–water partition coefficient (Wildman–Crippen LogP) is 5.74. The van der Waals surface area contributed by atoms with Crippen LogP contribution in [-0.4, -0.2) is 39.6 Å². The lowest BCUT2D eigenvalue weighted by atomic mass is 9.92. The molecule has 0 saturated heterocycles. The largest absolute Gasteiger partial charge is 0.329 e. The zero-order chi connectivity index (χ0) is 25.8. The van der Waals surface area contributed by atoms with Crippen LogP contribution in [0.2, 0.25) is 0 Å². The number of carbonyl (C=O) groups is 2. The van der Waals surface area contributed by atoms with Crippen LogP contribution in [0.1, 0.15) is 62.7 Å². The third kappa shape index (κ3) is 7.01. The molecule has 7 heteroatoms. The average Bonchev–Trinajstić information content (AvgIpc) is 3.20. The Morgan fingerprint density at radius 1 is 1.09 bits per heavy atom. The van der Waals surface area contributed by atoms with Gasteiger partial charge >= 0.3 is 0 Å². The molecule has 1 heterocycles. The monoisotopic (exact) mass is 478 g/mol. The van der Waals surface area contributed by atoms with Crippen molar-refractivity contribution in [2.24, 2.45) is 5.92 Å². The summed E-state index contributed by atoms with van der Waals surface area (Å²) in [6.07, 6.45) is 0.726. The molecular formula is C28H35FN4O2. The predicted molar refractivity (Wildman–Crippen MR) is 137 cm³/mol. The molecular weight excluding hydrogens is 443 g/mol. The summed E-state index contributed by atoms with van der Waals surface area (Å²) < 4.78 is 15.4. The van der Waals surface area contributed by atoms with Crippen LogP contribution in [0.5, 0.6) is 0 Å². The molecule has 0 aliphatic carbocycles. The van der Waals surface area contributed by atoms with E-state index in [1.165, 1.54) is 23.1 Å². The van der Waals surface area contributed by atoms with E-state index in [9.17, 15) is 14.0 Å². The summed E-state index contributed by atoms with van der Waals surface area (Å²) in [4.78, 5) is 27.8. The maximum atomic E-state index is 13.7. The van der Waals surface area contributed by atoms with Crippen molar-refractivity contribution in [3.8, 4) is 5.69 Å². The maximum Gasteiger partial charge on any atom is 0.254 e. The van der Waals surface area contributed by atoms with Crippen molar-refractivity contribution in [3.05, 3.63) is 77.2 Å². The maximum absolute atomic E-state index is 13.7. The van der Waals surface area contributed by atoms with Gasteiger partial charge in [0.05, 0.1) is 11.4 Å². The fraction of sp³-hybridized carbons (Fsp3) is 0.393. The zero-order valence-corrected chi connectivity index (χ0v) is 21.4. The Labute approximate surface area is 207 Å². The highest BCUT2D eigenvalue weighted by Gasteiger charge is 2.24. The normalized spacial score (nSPS) is 11.5. The molecule has 3 aromatic rings. The number of aryl methyl sites for hydroxylation is 1. The number of amides is 2. The molecule has 0 bridgehead atoms. The van der Waals surface area contributed by atoms with Gasteiger partial charge in [-0.25, -0.2) is 9.07 Å². The van der Waals surface area contributed by atoms with Crippen molar-refractivity contribution < 1.29 is 14.0 Å². The summed E-state index contributed by atoms with van der Waals surface area (Å²) in [6.45, 7) is 12.5. The SMILES string of the molecule is Cc1cccc(-n2nc(C(C)(C)C)cc2NC(=O)CN(CCC(C)C)C(=O)c2cccc(F)c2)c1. The Morgan fingerprint density at radius 3 is 2.43 bits per heavy atom. The first-order chi connectivity index (χ1) is 16.4. The lowest BCUT2D eigenvalue weighted by molar-refractivity contribution is -0.117. The number of benzene rings is 2. The number of nitrogens with one attached hydrogen (secondary N) is 1. The molecule has 1 N–H and O–H groups in total. The van der Waals surface area contributed by atoms with E-state index >= 15 is 0 Å². The van der Waals surface area contributed by atoms with Crippen molar-refractivity contribution in [2.75, 3.05) is 18.4 Å². The van der Waals surface area contributed by atoms with Gasteiger partial charge in [-0.05, 0) is 55.2 Å². The molecule has 0 aliphatic heterocycles. The van der Waals surface area contributed by atoms with Gasteiger partial charge in [0.25, 0.3) is 5.91 Å². The minimum absolute atomic E-state index is 0.147. The van der Waals surface area contributed by atoms with Crippen LogP contribution in [0.4, 0.5) is 10.2 Å². The third-order valence-corrected chi connectivity index (χ3v) is 5.66. The summed E-state index contributed by atoms with van der Waals surface area (Å²) in [5.74, 6) is -0.318. The van der Waals surface area contributed by atoms with Gasteiger partial charge < -0.3 is 10.2 Å². The standard InChI is InChI=1S/C28H35FN4O2/c1-19(2)13-14-32(27(35)21-10-8-11-22(29)16-21)18-26(34)30-25-17-24(28(4,5)6)31-33(25)23-12-7-9-20(3)15-23/h7-12,15-17,19H,13-14,18H2,1-6H3,(H,30,34). The quantitative estimate of drug-likeness (QED) is 0.449. The van der Waals surface area contributed by atoms with Gasteiger partial charge in [0.2, 0.25) is 5.91 Å².